The lowest BCUT2D eigenvalue weighted by Gasteiger charge is -2.09. The summed E-state index contributed by atoms with van der Waals surface area (Å²) < 4.78 is 5.72. The number of fused-ring (bicyclic) bond motifs is 1. The van der Waals surface area contributed by atoms with Crippen LogP contribution in [0.2, 0.25) is 0 Å². The van der Waals surface area contributed by atoms with E-state index < -0.39 is 0 Å². The molecule has 3 heteroatoms. The lowest BCUT2D eigenvalue weighted by atomic mass is 9.96. The van der Waals surface area contributed by atoms with Gasteiger partial charge in [0.15, 0.2) is 5.76 Å². The van der Waals surface area contributed by atoms with E-state index in [2.05, 4.69) is 96.2 Å². The molecule has 0 atom stereocenters. The second kappa shape index (κ2) is 7.95. The average Bonchev–Trinajstić information content (AvgIpc) is 3.50. The maximum Gasteiger partial charge on any atom is 0.175 e. The minimum atomic E-state index is 0.806. The summed E-state index contributed by atoms with van der Waals surface area (Å²) in [7, 11) is 0. The maximum atomic E-state index is 5.72. The third-order valence-electron chi connectivity index (χ3n) is 5.73. The van der Waals surface area contributed by atoms with Crippen LogP contribution in [-0.2, 0) is 0 Å². The van der Waals surface area contributed by atoms with Gasteiger partial charge in [-0.15, -0.1) is 11.3 Å². The van der Waals surface area contributed by atoms with Crippen molar-refractivity contribution >= 4 is 22.1 Å². The Balaban J connectivity index is 1.60. The highest BCUT2D eigenvalue weighted by Gasteiger charge is 2.21. The Morgan fingerprint density at radius 3 is 1.72 bits per heavy atom. The molecule has 4 aromatic carbocycles. The van der Waals surface area contributed by atoms with Gasteiger partial charge < -0.3 is 4.52 Å². The molecule has 0 unspecified atom stereocenters. The Bertz CT molecular complexity index is 1510. The largest absolute Gasteiger partial charge is 0.356 e. The van der Waals surface area contributed by atoms with Gasteiger partial charge in [-0.1, -0.05) is 114 Å². The molecule has 0 N–H and O–H groups in total. The standard InChI is InChI=1S/C29H19NOS/c1-3-11-20(12-4-1)22-15-7-8-16-23(22)28-24-17-9-10-18-25(24)29(32-28)26-19-30-31-27(26)21-13-5-2-6-14-21/h1-19H. The van der Waals surface area contributed by atoms with Gasteiger partial charge in [0.05, 0.1) is 11.8 Å². The first-order chi connectivity index (χ1) is 15.9. The van der Waals surface area contributed by atoms with Gasteiger partial charge in [0, 0.05) is 31.7 Å². The van der Waals surface area contributed by atoms with Crippen LogP contribution in [0.5, 0.6) is 0 Å². The quantitative estimate of drug-likeness (QED) is 0.280. The molecule has 2 heterocycles. The van der Waals surface area contributed by atoms with Crippen molar-refractivity contribution in [3.05, 3.63) is 115 Å². The minimum absolute atomic E-state index is 0.806. The summed E-state index contributed by atoms with van der Waals surface area (Å²) in [5.74, 6) is 0.806. The number of hydrogen-bond acceptors (Lipinski definition) is 3. The van der Waals surface area contributed by atoms with Crippen molar-refractivity contribution in [2.75, 3.05) is 0 Å². The van der Waals surface area contributed by atoms with Crippen LogP contribution in [0.25, 0.3) is 54.1 Å². The van der Waals surface area contributed by atoms with Crippen LogP contribution in [0.1, 0.15) is 0 Å². The molecule has 152 valence electrons. The molecular weight excluding hydrogens is 410 g/mol. The molecule has 6 rings (SSSR count). The first kappa shape index (κ1) is 18.8. The van der Waals surface area contributed by atoms with Crippen LogP contribution in [0.4, 0.5) is 0 Å². The van der Waals surface area contributed by atoms with Gasteiger partial charge in [-0.3, -0.25) is 0 Å². The Morgan fingerprint density at radius 2 is 1.03 bits per heavy atom. The van der Waals surface area contributed by atoms with Gasteiger partial charge in [-0.25, -0.2) is 0 Å². The van der Waals surface area contributed by atoms with Crippen molar-refractivity contribution in [2.24, 2.45) is 0 Å². The Labute approximate surface area is 190 Å². The summed E-state index contributed by atoms with van der Waals surface area (Å²) in [6.07, 6.45) is 1.84. The fourth-order valence-electron chi connectivity index (χ4n) is 4.24. The molecule has 0 amide bonds. The lowest BCUT2D eigenvalue weighted by molar-refractivity contribution is 0.432. The molecule has 0 aliphatic heterocycles. The summed E-state index contributed by atoms with van der Waals surface area (Å²) in [6.45, 7) is 0. The number of rotatable bonds is 4. The fraction of sp³-hybridized carbons (Fsp3) is 0. The molecule has 0 saturated carbocycles. The van der Waals surface area contributed by atoms with Gasteiger partial charge >= 0.3 is 0 Å². The van der Waals surface area contributed by atoms with E-state index in [4.69, 9.17) is 4.52 Å². The fourth-order valence-corrected chi connectivity index (χ4v) is 5.56. The molecule has 0 fully saturated rings. The Kier molecular flexibility index (Phi) is 4.67. The average molecular weight is 430 g/mol. The monoisotopic (exact) mass is 429 g/mol. The maximum absolute atomic E-state index is 5.72. The molecule has 0 radical (unpaired) electrons. The molecule has 0 aliphatic carbocycles. The third-order valence-corrected chi connectivity index (χ3v) is 7.02. The molecule has 0 saturated heterocycles. The summed E-state index contributed by atoms with van der Waals surface area (Å²) in [4.78, 5) is 2.44. The van der Waals surface area contributed by atoms with Crippen molar-refractivity contribution in [2.45, 2.75) is 0 Å². The number of nitrogens with zero attached hydrogens (tertiary/aromatic N) is 1. The van der Waals surface area contributed by atoms with Crippen LogP contribution < -0.4 is 0 Å². The Hall–Kier alpha value is -3.95. The van der Waals surface area contributed by atoms with Gasteiger partial charge in [-0.2, -0.15) is 0 Å². The minimum Gasteiger partial charge on any atom is -0.356 e. The molecule has 2 aromatic heterocycles. The van der Waals surface area contributed by atoms with E-state index in [9.17, 15) is 0 Å². The van der Waals surface area contributed by atoms with Crippen LogP contribution in [0.15, 0.2) is 120 Å². The summed E-state index contributed by atoms with van der Waals surface area (Å²) in [6, 6.07) is 38.0. The Morgan fingerprint density at radius 1 is 0.500 bits per heavy atom. The van der Waals surface area contributed by atoms with Crippen LogP contribution in [0, 0.1) is 0 Å². The highest BCUT2D eigenvalue weighted by Crippen LogP contribution is 2.48. The van der Waals surface area contributed by atoms with Gasteiger partial charge in [0.2, 0.25) is 0 Å². The molecule has 0 spiro atoms. The zero-order valence-corrected chi connectivity index (χ0v) is 18.0. The van der Waals surface area contributed by atoms with Crippen molar-refractivity contribution in [1.82, 2.24) is 5.16 Å². The zero-order chi connectivity index (χ0) is 21.3. The number of thiophene rings is 1. The van der Waals surface area contributed by atoms with Crippen LogP contribution in [0.3, 0.4) is 0 Å². The van der Waals surface area contributed by atoms with Gasteiger partial charge in [0.25, 0.3) is 0 Å². The summed E-state index contributed by atoms with van der Waals surface area (Å²) in [5, 5.41) is 6.63. The second-order valence-electron chi connectivity index (χ2n) is 7.65. The van der Waals surface area contributed by atoms with E-state index in [0.717, 1.165) is 16.9 Å². The SMILES string of the molecule is c1ccc(-c2ccccc2-c2sc(-c3cnoc3-c3ccccc3)c3ccccc23)cc1. The first-order valence-electron chi connectivity index (χ1n) is 10.6. The number of aromatic nitrogens is 1. The van der Waals surface area contributed by atoms with Crippen molar-refractivity contribution < 1.29 is 4.52 Å². The third kappa shape index (κ3) is 3.15. The normalized spacial score (nSPS) is 11.1. The number of hydrogen-bond donors (Lipinski definition) is 0. The molecule has 0 aliphatic rings. The van der Waals surface area contributed by atoms with E-state index in [1.807, 2.05) is 24.4 Å². The summed E-state index contributed by atoms with van der Waals surface area (Å²) >= 11 is 1.80. The van der Waals surface area contributed by atoms with E-state index in [1.54, 1.807) is 11.3 Å². The van der Waals surface area contributed by atoms with E-state index in [-0.39, 0.29) is 0 Å². The van der Waals surface area contributed by atoms with Crippen molar-refractivity contribution in [3.8, 4) is 43.3 Å². The molecule has 0 bridgehead atoms. The number of benzene rings is 4. The predicted octanol–water partition coefficient (Wildman–Crippen LogP) is 8.56. The predicted molar refractivity (Wildman–Crippen MR) is 134 cm³/mol. The van der Waals surface area contributed by atoms with Crippen molar-refractivity contribution in [1.29, 1.82) is 0 Å². The molecule has 6 aromatic rings. The summed E-state index contributed by atoms with van der Waals surface area (Å²) in [5.41, 5.74) is 5.76. The smallest absolute Gasteiger partial charge is 0.175 e. The first-order valence-corrected chi connectivity index (χ1v) is 11.4. The lowest BCUT2D eigenvalue weighted by Crippen LogP contribution is -1.82. The molecule has 2 nitrogen and oxygen atoms in total. The van der Waals surface area contributed by atoms with Crippen LogP contribution in [-0.4, -0.2) is 5.16 Å². The van der Waals surface area contributed by atoms with Gasteiger partial charge in [0.1, 0.15) is 0 Å². The second-order valence-corrected chi connectivity index (χ2v) is 8.67. The van der Waals surface area contributed by atoms with Crippen molar-refractivity contribution in [3.63, 3.8) is 0 Å². The molecule has 32 heavy (non-hydrogen) atoms. The van der Waals surface area contributed by atoms with E-state index >= 15 is 0 Å². The topological polar surface area (TPSA) is 26.0 Å². The van der Waals surface area contributed by atoms with Crippen LogP contribution >= 0.6 is 11.3 Å². The highest BCUT2D eigenvalue weighted by molar-refractivity contribution is 7.21. The zero-order valence-electron chi connectivity index (χ0n) is 17.2. The highest BCUT2D eigenvalue weighted by atomic mass is 32.1. The van der Waals surface area contributed by atoms with Gasteiger partial charge in [-0.05, 0) is 11.1 Å². The van der Waals surface area contributed by atoms with E-state index in [1.165, 1.54) is 37.2 Å². The molecular formula is C29H19NOS. The van der Waals surface area contributed by atoms with E-state index in [0.29, 0.717) is 0 Å².